The predicted octanol–water partition coefficient (Wildman–Crippen LogP) is 2.66. The van der Waals surface area contributed by atoms with Crippen molar-refractivity contribution in [3.05, 3.63) is 22.3 Å². The molecule has 0 spiro atoms. The number of aryl methyl sites for hydroxylation is 2. The second-order valence-electron chi connectivity index (χ2n) is 5.70. The van der Waals surface area contributed by atoms with Gasteiger partial charge in [-0.2, -0.15) is 0 Å². The van der Waals surface area contributed by atoms with Crippen LogP contribution < -0.4 is 5.32 Å². The monoisotopic (exact) mass is 380 g/mol. The number of hydrogen-bond donors (Lipinski definition) is 1. The fraction of sp³-hybridized carbons (Fsp3) is 0.500. The summed E-state index contributed by atoms with van der Waals surface area (Å²) in [7, 11) is 1.83. The molecule has 2 heterocycles. The van der Waals surface area contributed by atoms with E-state index < -0.39 is 0 Å². The minimum Gasteiger partial charge on any atom is -0.462 e. The summed E-state index contributed by atoms with van der Waals surface area (Å²) in [5.41, 5.74) is 1.59. The van der Waals surface area contributed by atoms with Gasteiger partial charge in [0.25, 0.3) is 0 Å². The van der Waals surface area contributed by atoms with Gasteiger partial charge in [0, 0.05) is 11.9 Å². The van der Waals surface area contributed by atoms with Gasteiger partial charge in [0.1, 0.15) is 11.3 Å². The van der Waals surface area contributed by atoms with Crippen LogP contribution in [-0.2, 0) is 29.4 Å². The lowest BCUT2D eigenvalue weighted by atomic mass is 9.95. The molecule has 0 aromatic carbocycles. The molecule has 25 heavy (non-hydrogen) atoms. The van der Waals surface area contributed by atoms with E-state index in [0.717, 1.165) is 31.2 Å². The van der Waals surface area contributed by atoms with Gasteiger partial charge in [0.2, 0.25) is 5.91 Å². The summed E-state index contributed by atoms with van der Waals surface area (Å²) in [5, 5.41) is 11.9. The Kier molecular flexibility index (Phi) is 5.74. The normalized spacial score (nSPS) is 13.4. The van der Waals surface area contributed by atoms with Gasteiger partial charge in [-0.3, -0.25) is 4.79 Å². The fourth-order valence-electron chi connectivity index (χ4n) is 2.77. The lowest BCUT2D eigenvalue weighted by Crippen LogP contribution is -2.17. The molecule has 7 nitrogen and oxygen atoms in total. The molecule has 1 amide bonds. The van der Waals surface area contributed by atoms with E-state index in [4.69, 9.17) is 4.74 Å². The number of anilines is 1. The molecule has 134 valence electrons. The Labute approximate surface area is 154 Å². The lowest BCUT2D eigenvalue weighted by molar-refractivity contribution is -0.113. The lowest BCUT2D eigenvalue weighted by Gasteiger charge is -2.12. The zero-order chi connectivity index (χ0) is 17.8. The van der Waals surface area contributed by atoms with E-state index >= 15 is 0 Å². The third-order valence-corrected chi connectivity index (χ3v) is 6.15. The van der Waals surface area contributed by atoms with Gasteiger partial charge in [-0.25, -0.2) is 4.79 Å². The second kappa shape index (κ2) is 8.01. The number of ether oxygens (including phenoxy) is 1. The van der Waals surface area contributed by atoms with Crippen LogP contribution in [0.2, 0.25) is 0 Å². The molecule has 2 aromatic heterocycles. The maximum absolute atomic E-state index is 12.4. The maximum Gasteiger partial charge on any atom is 0.341 e. The van der Waals surface area contributed by atoms with Gasteiger partial charge >= 0.3 is 5.97 Å². The Morgan fingerprint density at radius 3 is 2.92 bits per heavy atom. The number of fused-ring (bicyclic) bond motifs is 1. The highest BCUT2D eigenvalue weighted by molar-refractivity contribution is 7.99. The van der Waals surface area contributed by atoms with Gasteiger partial charge in [0.05, 0.1) is 17.9 Å². The summed E-state index contributed by atoms with van der Waals surface area (Å²) >= 11 is 2.80. The summed E-state index contributed by atoms with van der Waals surface area (Å²) in [6, 6.07) is 0. The molecule has 1 aliphatic carbocycles. The van der Waals surface area contributed by atoms with Crippen LogP contribution in [0.4, 0.5) is 5.00 Å². The van der Waals surface area contributed by atoms with E-state index in [1.54, 1.807) is 17.8 Å². The van der Waals surface area contributed by atoms with E-state index in [-0.39, 0.29) is 17.6 Å². The molecule has 0 saturated carbocycles. The summed E-state index contributed by atoms with van der Waals surface area (Å²) in [4.78, 5) is 25.9. The number of nitrogens with one attached hydrogen (secondary N) is 1. The highest BCUT2D eigenvalue weighted by atomic mass is 32.2. The van der Waals surface area contributed by atoms with Crippen molar-refractivity contribution in [2.45, 2.75) is 37.8 Å². The largest absolute Gasteiger partial charge is 0.462 e. The van der Waals surface area contributed by atoms with Gasteiger partial charge in [-0.15, -0.1) is 21.5 Å². The first-order chi connectivity index (χ1) is 12.1. The van der Waals surface area contributed by atoms with Crippen LogP contribution in [0.1, 0.15) is 40.6 Å². The van der Waals surface area contributed by atoms with Crippen molar-refractivity contribution in [3.8, 4) is 0 Å². The average Bonchev–Trinajstić information content (AvgIpc) is 3.16. The Morgan fingerprint density at radius 1 is 1.40 bits per heavy atom. The van der Waals surface area contributed by atoms with Crippen molar-refractivity contribution in [1.29, 1.82) is 0 Å². The Hall–Kier alpha value is -1.87. The first kappa shape index (κ1) is 17.9. The number of esters is 1. The van der Waals surface area contributed by atoms with E-state index in [9.17, 15) is 9.59 Å². The van der Waals surface area contributed by atoms with Gasteiger partial charge in [-0.1, -0.05) is 11.8 Å². The topological polar surface area (TPSA) is 86.1 Å². The molecular formula is C16H20N4O3S2. The molecule has 1 aliphatic rings. The number of carbonyl (C=O) groups excluding carboxylic acids is 2. The van der Waals surface area contributed by atoms with Crippen LogP contribution in [0.5, 0.6) is 0 Å². The molecule has 0 saturated heterocycles. The van der Waals surface area contributed by atoms with E-state index in [0.29, 0.717) is 22.3 Å². The minimum absolute atomic E-state index is 0.169. The maximum atomic E-state index is 12.4. The number of thioether (sulfide) groups is 1. The van der Waals surface area contributed by atoms with Gasteiger partial charge in [-0.05, 0) is 38.2 Å². The zero-order valence-electron chi connectivity index (χ0n) is 14.2. The highest BCUT2D eigenvalue weighted by Gasteiger charge is 2.27. The molecule has 0 radical (unpaired) electrons. The molecule has 0 aliphatic heterocycles. The average molecular weight is 380 g/mol. The van der Waals surface area contributed by atoms with Crippen molar-refractivity contribution in [2.75, 3.05) is 17.7 Å². The summed E-state index contributed by atoms with van der Waals surface area (Å²) in [6.45, 7) is 2.10. The number of carbonyl (C=O) groups is 2. The quantitative estimate of drug-likeness (QED) is 0.612. The van der Waals surface area contributed by atoms with Crippen LogP contribution >= 0.6 is 23.1 Å². The predicted molar refractivity (Wildman–Crippen MR) is 97.3 cm³/mol. The van der Waals surface area contributed by atoms with E-state index in [2.05, 4.69) is 15.5 Å². The number of thiophene rings is 1. The van der Waals surface area contributed by atoms with Crippen LogP contribution in [0.3, 0.4) is 0 Å². The minimum atomic E-state index is -0.349. The Bertz CT molecular complexity index is 784. The first-order valence-corrected chi connectivity index (χ1v) is 9.98. The number of rotatable bonds is 6. The number of nitrogens with zero attached hydrogens (tertiary/aromatic N) is 3. The van der Waals surface area contributed by atoms with Crippen LogP contribution in [0.25, 0.3) is 0 Å². The first-order valence-electron chi connectivity index (χ1n) is 8.18. The highest BCUT2D eigenvalue weighted by Crippen LogP contribution is 2.38. The van der Waals surface area contributed by atoms with Crippen LogP contribution in [0, 0.1) is 0 Å². The molecular weight excluding hydrogens is 360 g/mol. The summed E-state index contributed by atoms with van der Waals surface area (Å²) in [5.74, 6) is -0.313. The second-order valence-corrected chi connectivity index (χ2v) is 7.74. The van der Waals surface area contributed by atoms with Crippen LogP contribution in [-0.4, -0.2) is 39.0 Å². The van der Waals surface area contributed by atoms with Crippen molar-refractivity contribution in [3.63, 3.8) is 0 Å². The third kappa shape index (κ3) is 4.04. The smallest absolute Gasteiger partial charge is 0.341 e. The Morgan fingerprint density at radius 2 is 2.20 bits per heavy atom. The standard InChI is InChI=1S/C16H20N4O3S2/c1-3-23-15(22)13-10-6-4-5-7-11(10)25-14(13)18-12(21)8-24-16-19-17-9-20(16)2/h9H,3-8H2,1-2H3,(H,18,21). The molecule has 1 N–H and O–H groups in total. The number of aromatic nitrogens is 3. The van der Waals surface area contributed by atoms with Crippen LogP contribution in [0.15, 0.2) is 11.5 Å². The number of hydrogen-bond acceptors (Lipinski definition) is 7. The molecule has 0 atom stereocenters. The van der Waals surface area contributed by atoms with Crippen molar-refractivity contribution in [2.24, 2.45) is 7.05 Å². The number of amides is 1. The molecule has 9 heteroatoms. The molecule has 3 rings (SSSR count). The van der Waals surface area contributed by atoms with Gasteiger partial charge < -0.3 is 14.6 Å². The summed E-state index contributed by atoms with van der Waals surface area (Å²) in [6.07, 6.45) is 5.59. The fourth-order valence-corrected chi connectivity index (χ4v) is 4.75. The molecule has 0 bridgehead atoms. The summed E-state index contributed by atoms with van der Waals surface area (Å²) < 4.78 is 6.95. The third-order valence-electron chi connectivity index (χ3n) is 3.91. The molecule has 2 aromatic rings. The van der Waals surface area contributed by atoms with Crippen molar-refractivity contribution in [1.82, 2.24) is 14.8 Å². The SMILES string of the molecule is CCOC(=O)c1c(NC(=O)CSc2nncn2C)sc2c1CCCC2. The van der Waals surface area contributed by atoms with E-state index in [1.165, 1.54) is 28.0 Å². The zero-order valence-corrected chi connectivity index (χ0v) is 15.8. The Balaban J connectivity index is 1.74. The molecule has 0 fully saturated rings. The van der Waals surface area contributed by atoms with E-state index in [1.807, 2.05) is 7.05 Å². The molecule has 0 unspecified atom stereocenters. The van der Waals surface area contributed by atoms with Crippen molar-refractivity contribution < 1.29 is 14.3 Å². The van der Waals surface area contributed by atoms with Gasteiger partial charge in [0.15, 0.2) is 5.16 Å². The van der Waals surface area contributed by atoms with Crippen molar-refractivity contribution >= 4 is 40.0 Å².